The van der Waals surface area contributed by atoms with Crippen molar-refractivity contribution in [2.45, 2.75) is 31.9 Å². The number of hydrogen-bond donors (Lipinski definition) is 1. The van der Waals surface area contributed by atoms with Gasteiger partial charge in [0.15, 0.2) is 5.17 Å². The normalized spacial score (nSPS) is 20.6. The summed E-state index contributed by atoms with van der Waals surface area (Å²) < 4.78 is 0. The van der Waals surface area contributed by atoms with Gasteiger partial charge in [0.25, 0.3) is 0 Å². The number of benzene rings is 1. The Morgan fingerprint density at radius 3 is 2.95 bits per heavy atom. The van der Waals surface area contributed by atoms with Crippen molar-refractivity contribution in [3.05, 3.63) is 29.3 Å². The number of aryl methyl sites for hydroxylation is 2. The molecule has 0 bridgehead atoms. The molecule has 6 heteroatoms. The molecule has 0 aromatic heterocycles. The molecule has 1 unspecified atom stereocenters. The molecular formula is C16H19N3O2S. The second kappa shape index (κ2) is 6.12. The van der Waals surface area contributed by atoms with E-state index in [9.17, 15) is 9.59 Å². The molecule has 1 N–H and O–H groups in total. The molecule has 22 heavy (non-hydrogen) atoms. The molecule has 1 aromatic carbocycles. The lowest BCUT2D eigenvalue weighted by molar-refractivity contribution is -0.128. The van der Waals surface area contributed by atoms with Crippen molar-refractivity contribution in [3.63, 3.8) is 0 Å². The van der Waals surface area contributed by atoms with E-state index in [4.69, 9.17) is 0 Å². The molecule has 1 aromatic rings. The number of carbonyl (C=O) groups excluding carboxylic acids is 2. The molecule has 2 aliphatic heterocycles. The number of thioether (sulfide) groups is 1. The van der Waals surface area contributed by atoms with Gasteiger partial charge in [-0.2, -0.15) is 0 Å². The summed E-state index contributed by atoms with van der Waals surface area (Å²) >= 11 is 1.41. The molecule has 0 spiro atoms. The molecule has 5 nitrogen and oxygen atoms in total. The van der Waals surface area contributed by atoms with Gasteiger partial charge in [0.1, 0.15) is 5.25 Å². The smallest absolute Gasteiger partial charge is 0.242 e. The molecule has 1 saturated heterocycles. The highest BCUT2D eigenvalue weighted by atomic mass is 32.2. The average Bonchev–Trinajstić information content (AvgIpc) is 2.80. The summed E-state index contributed by atoms with van der Waals surface area (Å²) in [5.41, 5.74) is 3.10. The van der Waals surface area contributed by atoms with E-state index in [1.807, 2.05) is 32.0 Å². The van der Waals surface area contributed by atoms with Gasteiger partial charge >= 0.3 is 0 Å². The van der Waals surface area contributed by atoms with Crippen LogP contribution < -0.4 is 5.32 Å². The molecule has 2 aliphatic rings. The molecule has 0 saturated carbocycles. The van der Waals surface area contributed by atoms with Gasteiger partial charge in [-0.15, -0.1) is 0 Å². The summed E-state index contributed by atoms with van der Waals surface area (Å²) in [6.45, 7) is 5.54. The Hall–Kier alpha value is -1.82. The Bertz CT molecular complexity index is 657. The first-order valence-corrected chi connectivity index (χ1v) is 8.32. The van der Waals surface area contributed by atoms with Crippen molar-refractivity contribution in [2.24, 2.45) is 4.99 Å². The number of aliphatic imine (C=N–C) groups is 1. The van der Waals surface area contributed by atoms with Crippen molar-refractivity contribution in [1.82, 2.24) is 4.90 Å². The third-order valence-electron chi connectivity index (χ3n) is 3.97. The first-order valence-electron chi connectivity index (χ1n) is 7.44. The topological polar surface area (TPSA) is 61.8 Å². The molecule has 116 valence electrons. The van der Waals surface area contributed by atoms with Crippen LogP contribution >= 0.6 is 11.8 Å². The highest BCUT2D eigenvalue weighted by molar-refractivity contribution is 8.15. The van der Waals surface area contributed by atoms with Gasteiger partial charge in [-0.05, 0) is 43.5 Å². The largest absolute Gasteiger partial charge is 0.326 e. The van der Waals surface area contributed by atoms with Crippen LogP contribution in [-0.2, 0) is 9.59 Å². The van der Waals surface area contributed by atoms with Crippen LogP contribution in [0.5, 0.6) is 0 Å². The van der Waals surface area contributed by atoms with E-state index in [1.165, 1.54) is 17.3 Å². The number of nitrogens with zero attached hydrogens (tertiary/aromatic N) is 2. The van der Waals surface area contributed by atoms with Crippen molar-refractivity contribution >= 4 is 34.4 Å². The van der Waals surface area contributed by atoms with E-state index in [0.29, 0.717) is 0 Å². The number of nitrogens with one attached hydrogen (secondary N) is 1. The van der Waals surface area contributed by atoms with Crippen LogP contribution in [0.1, 0.15) is 24.0 Å². The third-order valence-corrected chi connectivity index (χ3v) is 5.18. The number of fused-ring (bicyclic) bond motifs is 1. The lowest BCUT2D eigenvalue weighted by atomic mass is 10.1. The second-order valence-corrected chi connectivity index (χ2v) is 6.84. The Kier molecular flexibility index (Phi) is 4.20. The summed E-state index contributed by atoms with van der Waals surface area (Å²) in [5, 5.41) is 3.31. The van der Waals surface area contributed by atoms with E-state index in [-0.39, 0.29) is 23.5 Å². The van der Waals surface area contributed by atoms with Gasteiger partial charge < -0.3 is 5.32 Å². The molecule has 2 heterocycles. The fraction of sp³-hybridized carbons (Fsp3) is 0.438. The van der Waals surface area contributed by atoms with Gasteiger partial charge in [0.05, 0.1) is 0 Å². The molecule has 0 aliphatic carbocycles. The van der Waals surface area contributed by atoms with Crippen molar-refractivity contribution in [2.75, 3.05) is 18.4 Å². The quantitative estimate of drug-likeness (QED) is 0.931. The summed E-state index contributed by atoms with van der Waals surface area (Å²) in [5.74, 6) is -0.117. The van der Waals surface area contributed by atoms with E-state index in [2.05, 4.69) is 10.3 Å². The van der Waals surface area contributed by atoms with Crippen molar-refractivity contribution in [1.29, 1.82) is 0 Å². The fourth-order valence-corrected chi connectivity index (χ4v) is 3.76. The average molecular weight is 317 g/mol. The van der Waals surface area contributed by atoms with Gasteiger partial charge in [-0.1, -0.05) is 17.8 Å². The highest BCUT2D eigenvalue weighted by Gasteiger charge is 2.39. The van der Waals surface area contributed by atoms with Crippen LogP contribution in [0.2, 0.25) is 0 Å². The summed E-state index contributed by atoms with van der Waals surface area (Å²) in [7, 11) is 0. The summed E-state index contributed by atoms with van der Waals surface area (Å²) in [6.07, 6.45) is 1.09. The van der Waals surface area contributed by atoms with E-state index >= 15 is 0 Å². The predicted octanol–water partition coefficient (Wildman–Crippen LogP) is 2.34. The number of amides is 2. The summed E-state index contributed by atoms with van der Waals surface area (Å²) in [6, 6.07) is 5.82. The minimum absolute atomic E-state index is 0.0127. The van der Waals surface area contributed by atoms with Crippen LogP contribution in [0, 0.1) is 13.8 Å². The Morgan fingerprint density at radius 1 is 1.41 bits per heavy atom. The van der Waals surface area contributed by atoms with Crippen LogP contribution in [0.3, 0.4) is 0 Å². The lowest BCUT2D eigenvalue weighted by Crippen LogP contribution is -2.36. The highest BCUT2D eigenvalue weighted by Crippen LogP contribution is 2.31. The first-order chi connectivity index (χ1) is 10.5. The summed E-state index contributed by atoms with van der Waals surface area (Å²) in [4.78, 5) is 30.5. The SMILES string of the molecule is Cc1ccc(NC(=O)CC2SC3=NCCCN3C2=O)cc1C. The molecule has 0 radical (unpaired) electrons. The molecule has 2 amide bonds. The van der Waals surface area contributed by atoms with E-state index in [0.717, 1.165) is 35.9 Å². The maximum atomic E-state index is 12.3. The van der Waals surface area contributed by atoms with Crippen LogP contribution in [-0.4, -0.2) is 40.2 Å². The minimum Gasteiger partial charge on any atom is -0.326 e. The Balaban J connectivity index is 1.62. The van der Waals surface area contributed by atoms with Crippen molar-refractivity contribution in [3.8, 4) is 0 Å². The lowest BCUT2D eigenvalue weighted by Gasteiger charge is -2.19. The van der Waals surface area contributed by atoms with Gasteiger partial charge in [0, 0.05) is 25.2 Å². The first kappa shape index (κ1) is 15.1. The van der Waals surface area contributed by atoms with Gasteiger partial charge in [-0.3, -0.25) is 19.5 Å². The Labute approximate surface area is 134 Å². The molecule has 1 fully saturated rings. The zero-order valence-electron chi connectivity index (χ0n) is 12.8. The molecule has 1 atom stereocenters. The van der Waals surface area contributed by atoms with Gasteiger partial charge in [0.2, 0.25) is 11.8 Å². The second-order valence-electron chi connectivity index (χ2n) is 5.67. The van der Waals surface area contributed by atoms with Crippen molar-refractivity contribution < 1.29 is 9.59 Å². The fourth-order valence-electron chi connectivity index (χ4n) is 2.57. The standard InChI is InChI=1S/C16H19N3O2S/c1-10-4-5-12(8-11(10)2)18-14(20)9-13-15(21)19-7-3-6-17-16(19)22-13/h4-5,8,13H,3,6-7,9H2,1-2H3,(H,18,20). The maximum absolute atomic E-state index is 12.3. The third kappa shape index (κ3) is 3.02. The zero-order chi connectivity index (χ0) is 15.7. The number of carbonyl (C=O) groups is 2. The zero-order valence-corrected chi connectivity index (χ0v) is 13.6. The predicted molar refractivity (Wildman–Crippen MR) is 89.2 cm³/mol. The van der Waals surface area contributed by atoms with Crippen LogP contribution in [0.25, 0.3) is 0 Å². The maximum Gasteiger partial charge on any atom is 0.242 e. The monoisotopic (exact) mass is 317 g/mol. The van der Waals surface area contributed by atoms with Gasteiger partial charge in [-0.25, -0.2) is 0 Å². The van der Waals surface area contributed by atoms with E-state index in [1.54, 1.807) is 4.90 Å². The van der Waals surface area contributed by atoms with Crippen LogP contribution in [0.4, 0.5) is 5.69 Å². The molecule has 3 rings (SSSR count). The Morgan fingerprint density at radius 2 is 2.23 bits per heavy atom. The van der Waals surface area contributed by atoms with Crippen LogP contribution in [0.15, 0.2) is 23.2 Å². The number of amidine groups is 1. The minimum atomic E-state index is -0.344. The number of hydrogen-bond acceptors (Lipinski definition) is 4. The number of anilines is 1. The molecular weight excluding hydrogens is 298 g/mol. The van der Waals surface area contributed by atoms with E-state index < -0.39 is 0 Å². The number of rotatable bonds is 3.